The van der Waals surface area contributed by atoms with Crippen molar-refractivity contribution in [2.45, 2.75) is 6.04 Å². The third-order valence-corrected chi connectivity index (χ3v) is 3.13. The van der Waals surface area contributed by atoms with E-state index in [-0.39, 0.29) is 31.1 Å². The Hall–Kier alpha value is -1.47. The normalized spacial score (nSPS) is 16.9. The molecule has 2 amide bonds. The molecule has 0 saturated carbocycles. The van der Waals surface area contributed by atoms with Gasteiger partial charge in [0, 0.05) is 11.3 Å². The molecule has 5 nitrogen and oxygen atoms in total. The molecular weight excluding hydrogens is 259 g/mol. The van der Waals surface area contributed by atoms with Crippen molar-refractivity contribution in [3.8, 4) is 5.75 Å². The van der Waals surface area contributed by atoms with Gasteiger partial charge in [-0.25, -0.2) is 9.18 Å². The molecule has 0 fully saturated rings. The average Bonchev–Trinajstić information content (AvgIpc) is 2.72. The number of ether oxygens (including phenoxy) is 1. The van der Waals surface area contributed by atoms with E-state index in [0.29, 0.717) is 17.1 Å². The number of fused-ring (bicyclic) bond motifs is 1. The number of rotatable bonds is 4. The summed E-state index contributed by atoms with van der Waals surface area (Å²) >= 11 is 1.10. The SMILES string of the molecule is O=C(NSCCO)NC1COc2ccc(F)cc21. The zero-order valence-electron chi connectivity index (χ0n) is 9.48. The molecule has 1 aliphatic heterocycles. The first-order valence-corrected chi connectivity index (χ1v) is 6.40. The number of carbonyl (C=O) groups excluding carboxylic acids is 1. The highest BCUT2D eigenvalue weighted by Gasteiger charge is 2.25. The minimum atomic E-state index is -0.390. The van der Waals surface area contributed by atoms with Crippen molar-refractivity contribution in [1.29, 1.82) is 0 Å². The lowest BCUT2D eigenvalue weighted by atomic mass is 10.1. The molecule has 3 N–H and O–H groups in total. The number of hydrogen-bond donors (Lipinski definition) is 3. The van der Waals surface area contributed by atoms with Gasteiger partial charge in [-0.15, -0.1) is 0 Å². The zero-order valence-corrected chi connectivity index (χ0v) is 10.3. The molecule has 0 aliphatic carbocycles. The van der Waals surface area contributed by atoms with E-state index in [1.807, 2.05) is 0 Å². The summed E-state index contributed by atoms with van der Waals surface area (Å²) in [5.41, 5.74) is 0.636. The second kappa shape index (κ2) is 5.92. The Morgan fingerprint density at radius 2 is 2.44 bits per heavy atom. The van der Waals surface area contributed by atoms with Crippen LogP contribution in [0.5, 0.6) is 5.75 Å². The van der Waals surface area contributed by atoms with E-state index < -0.39 is 0 Å². The van der Waals surface area contributed by atoms with E-state index >= 15 is 0 Å². The average molecular weight is 272 g/mol. The highest BCUT2D eigenvalue weighted by molar-refractivity contribution is 7.97. The first kappa shape index (κ1) is 13.0. The van der Waals surface area contributed by atoms with E-state index in [0.717, 1.165) is 11.9 Å². The van der Waals surface area contributed by atoms with Gasteiger partial charge in [-0.3, -0.25) is 4.72 Å². The number of urea groups is 1. The summed E-state index contributed by atoms with van der Waals surface area (Å²) in [6, 6.07) is 3.47. The Morgan fingerprint density at radius 1 is 1.61 bits per heavy atom. The molecule has 1 aromatic carbocycles. The molecule has 0 radical (unpaired) electrons. The third kappa shape index (κ3) is 3.05. The van der Waals surface area contributed by atoms with Gasteiger partial charge in [-0.2, -0.15) is 0 Å². The molecule has 0 saturated heterocycles. The van der Waals surface area contributed by atoms with Crippen molar-refractivity contribution < 1.29 is 19.0 Å². The zero-order chi connectivity index (χ0) is 13.0. The number of aliphatic hydroxyl groups is 1. The van der Waals surface area contributed by atoms with Crippen molar-refractivity contribution in [2.24, 2.45) is 0 Å². The van der Waals surface area contributed by atoms with Crippen LogP contribution in [0.15, 0.2) is 18.2 Å². The molecule has 1 unspecified atom stereocenters. The van der Waals surface area contributed by atoms with Crippen LogP contribution >= 0.6 is 11.9 Å². The molecule has 2 rings (SSSR count). The van der Waals surface area contributed by atoms with Crippen LogP contribution in [0.3, 0.4) is 0 Å². The van der Waals surface area contributed by atoms with Gasteiger partial charge in [-0.05, 0) is 30.1 Å². The Bertz CT molecular complexity index is 444. The predicted octanol–water partition coefficient (Wildman–Crippen LogP) is 1.20. The molecule has 98 valence electrons. The second-order valence-corrected chi connectivity index (χ2v) is 4.59. The van der Waals surface area contributed by atoms with E-state index in [2.05, 4.69) is 10.0 Å². The van der Waals surface area contributed by atoms with Gasteiger partial charge in [0.1, 0.15) is 18.2 Å². The van der Waals surface area contributed by atoms with Crippen LogP contribution in [0.2, 0.25) is 0 Å². The Balaban J connectivity index is 1.93. The van der Waals surface area contributed by atoms with Gasteiger partial charge in [0.15, 0.2) is 0 Å². The lowest BCUT2D eigenvalue weighted by Crippen LogP contribution is -2.35. The molecule has 1 heterocycles. The fourth-order valence-electron chi connectivity index (χ4n) is 1.66. The lowest BCUT2D eigenvalue weighted by molar-refractivity contribution is 0.237. The number of aliphatic hydroxyl groups excluding tert-OH is 1. The monoisotopic (exact) mass is 272 g/mol. The van der Waals surface area contributed by atoms with Crippen molar-refractivity contribution in [1.82, 2.24) is 10.0 Å². The molecule has 0 bridgehead atoms. The Labute approximate surface area is 108 Å². The van der Waals surface area contributed by atoms with Gasteiger partial charge >= 0.3 is 6.03 Å². The van der Waals surface area contributed by atoms with Crippen LogP contribution in [-0.4, -0.2) is 30.1 Å². The number of amides is 2. The van der Waals surface area contributed by atoms with Gasteiger partial charge < -0.3 is 15.2 Å². The minimum absolute atomic E-state index is 0.00840. The molecule has 0 spiro atoms. The summed E-state index contributed by atoms with van der Waals surface area (Å²) in [5.74, 6) is 0.644. The van der Waals surface area contributed by atoms with E-state index in [1.54, 1.807) is 6.07 Å². The maximum atomic E-state index is 13.1. The molecule has 18 heavy (non-hydrogen) atoms. The second-order valence-electron chi connectivity index (χ2n) is 3.69. The van der Waals surface area contributed by atoms with Crippen LogP contribution in [0.4, 0.5) is 9.18 Å². The van der Waals surface area contributed by atoms with Crippen LogP contribution in [-0.2, 0) is 0 Å². The topological polar surface area (TPSA) is 70.6 Å². The predicted molar refractivity (Wildman–Crippen MR) is 65.8 cm³/mol. The highest BCUT2D eigenvalue weighted by atomic mass is 32.2. The van der Waals surface area contributed by atoms with Gasteiger partial charge in [-0.1, -0.05) is 0 Å². The molecule has 1 aromatic rings. The van der Waals surface area contributed by atoms with Gasteiger partial charge in [0.05, 0.1) is 12.6 Å². The third-order valence-electron chi connectivity index (χ3n) is 2.42. The van der Waals surface area contributed by atoms with Gasteiger partial charge in [0.25, 0.3) is 0 Å². The Morgan fingerprint density at radius 3 is 3.22 bits per heavy atom. The molecule has 1 atom stereocenters. The quantitative estimate of drug-likeness (QED) is 0.569. The van der Waals surface area contributed by atoms with Crippen LogP contribution in [0.1, 0.15) is 11.6 Å². The first-order chi connectivity index (χ1) is 8.70. The maximum Gasteiger partial charge on any atom is 0.325 e. The fraction of sp³-hybridized carbons (Fsp3) is 0.364. The van der Waals surface area contributed by atoms with E-state index in [4.69, 9.17) is 9.84 Å². The molecular formula is C11H13FN2O3S. The highest BCUT2D eigenvalue weighted by Crippen LogP contribution is 2.32. The minimum Gasteiger partial charge on any atom is -0.491 e. The maximum absolute atomic E-state index is 13.1. The molecule has 1 aliphatic rings. The standard InChI is InChI=1S/C11H13FN2O3S/c12-7-1-2-10-8(5-7)9(6-17-10)13-11(16)14-18-4-3-15/h1-2,5,9,15H,3-4,6H2,(H2,13,14,16). The van der Waals surface area contributed by atoms with Crippen molar-refractivity contribution >= 4 is 18.0 Å². The fourth-order valence-corrected chi connectivity index (χ4v) is 2.04. The summed E-state index contributed by atoms with van der Waals surface area (Å²) in [5, 5.41) is 11.2. The molecule has 0 aromatic heterocycles. The summed E-state index contributed by atoms with van der Waals surface area (Å²) in [6.45, 7) is 0.280. The van der Waals surface area contributed by atoms with Crippen LogP contribution in [0.25, 0.3) is 0 Å². The van der Waals surface area contributed by atoms with Crippen molar-refractivity contribution in [3.63, 3.8) is 0 Å². The number of benzene rings is 1. The van der Waals surface area contributed by atoms with Crippen LogP contribution < -0.4 is 14.8 Å². The summed E-state index contributed by atoms with van der Waals surface area (Å²) in [7, 11) is 0. The largest absolute Gasteiger partial charge is 0.491 e. The number of nitrogens with one attached hydrogen (secondary N) is 2. The number of halogens is 1. The van der Waals surface area contributed by atoms with Gasteiger partial charge in [0.2, 0.25) is 0 Å². The number of hydrogen-bond acceptors (Lipinski definition) is 4. The summed E-state index contributed by atoms with van der Waals surface area (Å²) < 4.78 is 21.0. The lowest BCUT2D eigenvalue weighted by Gasteiger charge is -2.12. The van der Waals surface area contributed by atoms with Crippen molar-refractivity contribution in [2.75, 3.05) is 19.0 Å². The van der Waals surface area contributed by atoms with Crippen molar-refractivity contribution in [3.05, 3.63) is 29.6 Å². The smallest absolute Gasteiger partial charge is 0.325 e. The summed E-state index contributed by atoms with van der Waals surface area (Å²) in [6.07, 6.45) is 0. The first-order valence-electron chi connectivity index (χ1n) is 5.42. The van der Waals surface area contributed by atoms with Crippen LogP contribution in [0, 0.1) is 5.82 Å². The Kier molecular flexibility index (Phi) is 4.27. The molecule has 7 heteroatoms. The van der Waals surface area contributed by atoms with E-state index in [9.17, 15) is 9.18 Å². The number of carbonyl (C=O) groups is 1. The van der Waals surface area contributed by atoms with E-state index in [1.165, 1.54) is 12.1 Å². The summed E-state index contributed by atoms with van der Waals surface area (Å²) in [4.78, 5) is 11.5.